The first-order valence-electron chi connectivity index (χ1n) is 15.6. The molecule has 0 aromatic heterocycles. The first-order valence-corrected chi connectivity index (χ1v) is 15.6. The Labute approximate surface area is 250 Å². The van der Waals surface area contributed by atoms with Gasteiger partial charge in [0, 0.05) is 19.4 Å². The third kappa shape index (κ3) is 8.51. The fourth-order valence-electron chi connectivity index (χ4n) is 6.17. The van der Waals surface area contributed by atoms with Crippen LogP contribution in [0.5, 0.6) is 0 Å². The van der Waals surface area contributed by atoms with Crippen LogP contribution in [0.4, 0.5) is 0 Å². The zero-order chi connectivity index (χ0) is 29.8. The topological polar surface area (TPSA) is 88.1 Å². The maximum Gasteiger partial charge on any atom is 0.348 e. The van der Waals surface area contributed by atoms with E-state index in [1.165, 1.54) is 0 Å². The van der Waals surface area contributed by atoms with E-state index in [0.29, 0.717) is 61.7 Å². The van der Waals surface area contributed by atoms with E-state index in [1.54, 1.807) is 0 Å². The van der Waals surface area contributed by atoms with E-state index in [0.717, 1.165) is 38.5 Å². The van der Waals surface area contributed by atoms with Crippen LogP contribution in [0.15, 0.2) is 60.7 Å². The van der Waals surface area contributed by atoms with Crippen LogP contribution in [0.3, 0.4) is 0 Å². The predicted molar refractivity (Wildman–Crippen MR) is 159 cm³/mol. The van der Waals surface area contributed by atoms with E-state index < -0.39 is 24.3 Å². The number of benzene rings is 2. The number of rotatable bonds is 14. The van der Waals surface area contributed by atoms with Crippen molar-refractivity contribution in [2.75, 3.05) is 20.0 Å². The van der Waals surface area contributed by atoms with E-state index in [1.807, 2.05) is 60.7 Å². The van der Waals surface area contributed by atoms with E-state index >= 15 is 0 Å². The molecule has 0 spiro atoms. The number of carbonyl (C=O) groups is 3. The Balaban J connectivity index is 1.56. The lowest BCUT2D eigenvalue weighted by molar-refractivity contribution is -0.196. The monoisotopic (exact) mass is 578 g/mol. The molecule has 2 aliphatic rings. The first-order chi connectivity index (χ1) is 20.4. The van der Waals surface area contributed by atoms with Crippen molar-refractivity contribution in [3.63, 3.8) is 0 Å². The third-order valence-corrected chi connectivity index (χ3v) is 8.57. The van der Waals surface area contributed by atoms with Crippen molar-refractivity contribution in [1.82, 2.24) is 0 Å². The molecule has 2 aromatic carbocycles. The van der Waals surface area contributed by atoms with Gasteiger partial charge in [-0.2, -0.15) is 0 Å². The minimum Gasteiger partial charge on any atom is -0.460 e. The zero-order valence-corrected chi connectivity index (χ0v) is 25.1. The Morgan fingerprint density at radius 2 is 1.60 bits per heavy atom. The average molecular weight is 579 g/mol. The average Bonchev–Trinajstić information content (AvgIpc) is 3.49. The SMILES string of the molecule is CCCCCC(=O)CC1CCC(C)CC(OC(=O)C(OCOC(=O)C2CCOC2)(c2ccccc2)c2ccccc2)C1. The lowest BCUT2D eigenvalue weighted by atomic mass is 9.85. The molecule has 2 fully saturated rings. The van der Waals surface area contributed by atoms with Gasteiger partial charge < -0.3 is 18.9 Å². The molecular weight excluding hydrogens is 532 g/mol. The van der Waals surface area contributed by atoms with Gasteiger partial charge in [-0.25, -0.2) is 4.79 Å². The number of ketones is 1. The minimum atomic E-state index is -1.64. The molecule has 1 heterocycles. The second-order valence-corrected chi connectivity index (χ2v) is 11.9. The van der Waals surface area contributed by atoms with Gasteiger partial charge in [0.2, 0.25) is 5.60 Å². The van der Waals surface area contributed by atoms with Gasteiger partial charge in [0.15, 0.2) is 6.79 Å². The molecule has 1 aliphatic heterocycles. The summed E-state index contributed by atoms with van der Waals surface area (Å²) < 4.78 is 23.5. The van der Waals surface area contributed by atoms with Crippen molar-refractivity contribution in [1.29, 1.82) is 0 Å². The molecule has 4 unspecified atom stereocenters. The van der Waals surface area contributed by atoms with Gasteiger partial charge in [-0.05, 0) is 55.1 Å². The molecular formula is C35H46O7. The first kappa shape index (κ1) is 31.9. The lowest BCUT2D eigenvalue weighted by Gasteiger charge is -2.34. The van der Waals surface area contributed by atoms with Crippen molar-refractivity contribution in [2.24, 2.45) is 17.8 Å². The minimum absolute atomic E-state index is 0.181. The van der Waals surface area contributed by atoms with E-state index in [9.17, 15) is 14.4 Å². The fourth-order valence-corrected chi connectivity index (χ4v) is 6.17. The Morgan fingerprint density at radius 1 is 0.905 bits per heavy atom. The molecule has 1 saturated carbocycles. The highest BCUT2D eigenvalue weighted by Crippen LogP contribution is 2.38. The smallest absolute Gasteiger partial charge is 0.348 e. The summed E-state index contributed by atoms with van der Waals surface area (Å²) in [4.78, 5) is 39.8. The Bertz CT molecular complexity index is 1090. The number of esters is 2. The summed E-state index contributed by atoms with van der Waals surface area (Å²) >= 11 is 0. The second-order valence-electron chi connectivity index (χ2n) is 11.9. The lowest BCUT2D eigenvalue weighted by Crippen LogP contribution is -2.44. The predicted octanol–water partition coefficient (Wildman–Crippen LogP) is 6.76. The van der Waals surface area contributed by atoms with Crippen LogP contribution in [0.1, 0.15) is 89.2 Å². The van der Waals surface area contributed by atoms with Crippen LogP contribution in [0, 0.1) is 17.8 Å². The molecule has 42 heavy (non-hydrogen) atoms. The highest BCUT2D eigenvalue weighted by Gasteiger charge is 2.47. The van der Waals surface area contributed by atoms with Crippen molar-refractivity contribution >= 4 is 17.7 Å². The molecule has 228 valence electrons. The van der Waals surface area contributed by atoms with Crippen molar-refractivity contribution in [3.05, 3.63) is 71.8 Å². The van der Waals surface area contributed by atoms with Crippen LogP contribution in [-0.2, 0) is 38.9 Å². The Hall–Kier alpha value is -3.03. The van der Waals surface area contributed by atoms with Gasteiger partial charge in [0.25, 0.3) is 0 Å². The summed E-state index contributed by atoms with van der Waals surface area (Å²) in [5.41, 5.74) is -0.466. The summed E-state index contributed by atoms with van der Waals surface area (Å²) in [6.45, 7) is 4.75. The quantitative estimate of drug-likeness (QED) is 0.106. The van der Waals surface area contributed by atoms with Gasteiger partial charge in [0.05, 0.1) is 12.5 Å². The molecule has 1 saturated heterocycles. The summed E-state index contributed by atoms with van der Waals surface area (Å²) in [6.07, 6.45) is 7.82. The molecule has 7 nitrogen and oxygen atoms in total. The number of hydrogen-bond donors (Lipinski definition) is 0. The molecule has 4 atom stereocenters. The maximum atomic E-state index is 14.4. The molecule has 2 aromatic rings. The molecule has 0 radical (unpaired) electrons. The normalized spacial score (nSPS) is 22.7. The Kier molecular flexibility index (Phi) is 12.1. The van der Waals surface area contributed by atoms with Crippen molar-refractivity contribution in [3.8, 4) is 0 Å². The van der Waals surface area contributed by atoms with E-state index in [2.05, 4.69) is 13.8 Å². The standard InChI is InChI=1S/C35H46O7/c1-3-4-7-16-31(36)22-27-18-17-26(2)21-32(23-27)42-34(38)35(29-12-8-5-9-13-29,30-14-10-6-11-15-30)41-25-40-33(37)28-19-20-39-24-28/h5-6,8-15,26-28,32H,3-4,7,16-25H2,1-2H3. The largest absolute Gasteiger partial charge is 0.460 e. The van der Waals surface area contributed by atoms with Crippen LogP contribution >= 0.6 is 0 Å². The summed E-state index contributed by atoms with van der Waals surface area (Å²) in [5, 5.41) is 0. The van der Waals surface area contributed by atoms with E-state index in [-0.39, 0.29) is 17.9 Å². The number of carbonyl (C=O) groups excluding carboxylic acids is 3. The molecule has 4 rings (SSSR count). The number of Topliss-reactive ketones (excluding diaryl/α,β-unsaturated/α-hetero) is 1. The van der Waals surface area contributed by atoms with Crippen LogP contribution in [-0.4, -0.2) is 43.8 Å². The number of hydrogen-bond acceptors (Lipinski definition) is 7. The zero-order valence-electron chi connectivity index (χ0n) is 25.1. The molecule has 0 bridgehead atoms. The van der Waals surface area contributed by atoms with Gasteiger partial charge in [-0.1, -0.05) is 93.8 Å². The highest BCUT2D eigenvalue weighted by atomic mass is 16.7. The van der Waals surface area contributed by atoms with Gasteiger partial charge in [-0.3, -0.25) is 9.59 Å². The van der Waals surface area contributed by atoms with Gasteiger partial charge >= 0.3 is 11.9 Å². The highest BCUT2D eigenvalue weighted by molar-refractivity contribution is 5.86. The van der Waals surface area contributed by atoms with Crippen LogP contribution < -0.4 is 0 Å². The Morgan fingerprint density at radius 3 is 2.21 bits per heavy atom. The summed E-state index contributed by atoms with van der Waals surface area (Å²) in [5.74, 6) is -0.444. The molecule has 1 aliphatic carbocycles. The summed E-state index contributed by atoms with van der Waals surface area (Å²) in [6, 6.07) is 18.4. The molecule has 7 heteroatoms. The van der Waals surface area contributed by atoms with Crippen LogP contribution in [0.25, 0.3) is 0 Å². The maximum absolute atomic E-state index is 14.4. The van der Waals surface area contributed by atoms with Crippen LogP contribution in [0.2, 0.25) is 0 Å². The molecule has 0 amide bonds. The van der Waals surface area contributed by atoms with Gasteiger partial charge in [-0.15, -0.1) is 0 Å². The second kappa shape index (κ2) is 16.0. The third-order valence-electron chi connectivity index (χ3n) is 8.57. The van der Waals surface area contributed by atoms with Gasteiger partial charge in [0.1, 0.15) is 11.9 Å². The van der Waals surface area contributed by atoms with Crippen molar-refractivity contribution < 1.29 is 33.3 Å². The fraction of sp³-hybridized carbons (Fsp3) is 0.571. The number of ether oxygens (including phenoxy) is 4. The summed E-state index contributed by atoms with van der Waals surface area (Å²) in [7, 11) is 0. The van der Waals surface area contributed by atoms with Crippen molar-refractivity contribution in [2.45, 2.75) is 89.8 Å². The molecule has 0 N–H and O–H groups in total. The van der Waals surface area contributed by atoms with E-state index in [4.69, 9.17) is 18.9 Å². The number of unbranched alkanes of at least 4 members (excludes halogenated alkanes) is 2.